The van der Waals surface area contributed by atoms with Gasteiger partial charge in [0.15, 0.2) is 0 Å². The van der Waals surface area contributed by atoms with Crippen molar-refractivity contribution < 1.29 is 9.53 Å². The molecule has 21 heavy (non-hydrogen) atoms. The lowest BCUT2D eigenvalue weighted by atomic mass is 10.0. The number of carbonyl (C=O) groups is 1. The SMILES string of the molecule is CCc1ccccc1CNc1cc(C(=O)OC)ccc1C. The van der Waals surface area contributed by atoms with Crippen molar-refractivity contribution in [1.82, 2.24) is 0 Å². The van der Waals surface area contributed by atoms with Gasteiger partial charge in [-0.2, -0.15) is 0 Å². The molecule has 0 saturated heterocycles. The maximum Gasteiger partial charge on any atom is 0.337 e. The Balaban J connectivity index is 2.17. The van der Waals surface area contributed by atoms with Crippen LogP contribution in [0.2, 0.25) is 0 Å². The lowest BCUT2D eigenvalue weighted by Crippen LogP contribution is -2.06. The molecule has 2 aromatic carbocycles. The van der Waals surface area contributed by atoms with E-state index in [-0.39, 0.29) is 5.97 Å². The number of hydrogen-bond donors (Lipinski definition) is 1. The molecule has 1 N–H and O–H groups in total. The molecule has 0 amide bonds. The first-order valence-corrected chi connectivity index (χ1v) is 7.15. The van der Waals surface area contributed by atoms with Gasteiger partial charge in [-0.05, 0) is 42.2 Å². The normalized spacial score (nSPS) is 10.2. The molecule has 0 radical (unpaired) electrons. The third-order valence-corrected chi connectivity index (χ3v) is 3.63. The standard InChI is InChI=1S/C18H21NO2/c1-4-14-7-5-6-8-16(14)12-19-17-11-15(18(20)21-3)10-9-13(17)2/h5-11,19H,4,12H2,1-3H3. The highest BCUT2D eigenvalue weighted by atomic mass is 16.5. The highest BCUT2D eigenvalue weighted by Crippen LogP contribution is 2.19. The third-order valence-electron chi connectivity index (χ3n) is 3.63. The first-order valence-electron chi connectivity index (χ1n) is 7.15. The zero-order chi connectivity index (χ0) is 15.2. The van der Waals surface area contributed by atoms with Crippen LogP contribution in [0, 0.1) is 6.92 Å². The summed E-state index contributed by atoms with van der Waals surface area (Å²) in [6.07, 6.45) is 1.01. The molecule has 0 aromatic heterocycles. The number of carbonyl (C=O) groups excluding carboxylic acids is 1. The van der Waals surface area contributed by atoms with Crippen LogP contribution in [0.25, 0.3) is 0 Å². The van der Waals surface area contributed by atoms with E-state index in [9.17, 15) is 4.79 Å². The molecule has 2 rings (SSSR count). The maximum absolute atomic E-state index is 11.6. The van der Waals surface area contributed by atoms with Crippen molar-refractivity contribution >= 4 is 11.7 Å². The van der Waals surface area contributed by atoms with Crippen molar-refractivity contribution in [2.75, 3.05) is 12.4 Å². The van der Waals surface area contributed by atoms with E-state index in [0.29, 0.717) is 5.56 Å². The van der Waals surface area contributed by atoms with Crippen molar-refractivity contribution in [3.63, 3.8) is 0 Å². The van der Waals surface area contributed by atoms with E-state index in [4.69, 9.17) is 4.74 Å². The summed E-state index contributed by atoms with van der Waals surface area (Å²) in [5.74, 6) is -0.313. The molecule has 110 valence electrons. The van der Waals surface area contributed by atoms with Crippen LogP contribution >= 0.6 is 0 Å². The number of esters is 1. The Labute approximate surface area is 126 Å². The van der Waals surface area contributed by atoms with E-state index in [1.54, 1.807) is 6.07 Å². The van der Waals surface area contributed by atoms with E-state index < -0.39 is 0 Å². The monoisotopic (exact) mass is 283 g/mol. The quantitative estimate of drug-likeness (QED) is 0.844. The van der Waals surface area contributed by atoms with Crippen LogP contribution in [0.15, 0.2) is 42.5 Å². The topological polar surface area (TPSA) is 38.3 Å². The minimum Gasteiger partial charge on any atom is -0.465 e. The van der Waals surface area contributed by atoms with E-state index in [1.165, 1.54) is 18.2 Å². The minimum atomic E-state index is -0.313. The summed E-state index contributed by atoms with van der Waals surface area (Å²) in [6.45, 7) is 4.92. The first-order chi connectivity index (χ1) is 10.2. The number of methoxy groups -OCH3 is 1. The summed E-state index contributed by atoms with van der Waals surface area (Å²) in [5.41, 5.74) is 5.25. The van der Waals surface area contributed by atoms with Gasteiger partial charge in [-0.15, -0.1) is 0 Å². The Kier molecular flexibility index (Phi) is 4.99. The fourth-order valence-corrected chi connectivity index (χ4v) is 2.32. The van der Waals surface area contributed by atoms with Crippen molar-refractivity contribution in [2.45, 2.75) is 26.8 Å². The van der Waals surface area contributed by atoms with Gasteiger partial charge in [0.2, 0.25) is 0 Å². The minimum absolute atomic E-state index is 0.313. The van der Waals surface area contributed by atoms with Gasteiger partial charge in [-0.25, -0.2) is 4.79 Å². The zero-order valence-electron chi connectivity index (χ0n) is 12.8. The number of ether oxygens (including phenoxy) is 1. The number of nitrogens with one attached hydrogen (secondary N) is 1. The van der Waals surface area contributed by atoms with Gasteiger partial charge in [-0.1, -0.05) is 37.3 Å². The van der Waals surface area contributed by atoms with Crippen LogP contribution in [0.5, 0.6) is 0 Å². The number of anilines is 1. The molecule has 0 bridgehead atoms. The molecule has 3 heteroatoms. The molecule has 0 atom stereocenters. The Bertz CT molecular complexity index is 635. The molecule has 0 fully saturated rings. The molecule has 3 nitrogen and oxygen atoms in total. The second-order valence-corrected chi connectivity index (χ2v) is 5.00. The Morgan fingerprint density at radius 3 is 2.52 bits per heavy atom. The summed E-state index contributed by atoms with van der Waals surface area (Å²) in [6, 6.07) is 13.9. The van der Waals surface area contributed by atoms with Crippen molar-refractivity contribution in [1.29, 1.82) is 0 Å². The summed E-state index contributed by atoms with van der Waals surface area (Å²) >= 11 is 0. The molecular weight excluding hydrogens is 262 g/mol. The maximum atomic E-state index is 11.6. The van der Waals surface area contributed by atoms with Crippen LogP contribution < -0.4 is 5.32 Å². The lowest BCUT2D eigenvalue weighted by Gasteiger charge is -2.13. The summed E-state index contributed by atoms with van der Waals surface area (Å²) < 4.78 is 4.76. The summed E-state index contributed by atoms with van der Waals surface area (Å²) in [5, 5.41) is 3.42. The van der Waals surface area contributed by atoms with Crippen LogP contribution in [-0.4, -0.2) is 13.1 Å². The number of aryl methyl sites for hydroxylation is 2. The van der Waals surface area contributed by atoms with E-state index in [2.05, 4.69) is 30.4 Å². The van der Waals surface area contributed by atoms with Crippen molar-refractivity contribution in [3.8, 4) is 0 Å². The van der Waals surface area contributed by atoms with Gasteiger partial charge in [0, 0.05) is 12.2 Å². The number of hydrogen-bond acceptors (Lipinski definition) is 3. The van der Waals surface area contributed by atoms with Crippen LogP contribution in [0.4, 0.5) is 5.69 Å². The predicted molar refractivity (Wildman–Crippen MR) is 85.7 cm³/mol. The van der Waals surface area contributed by atoms with Crippen LogP contribution in [0.1, 0.15) is 34.0 Å². The van der Waals surface area contributed by atoms with Crippen LogP contribution in [-0.2, 0) is 17.7 Å². The fraction of sp³-hybridized carbons (Fsp3) is 0.278. The number of benzene rings is 2. The zero-order valence-corrected chi connectivity index (χ0v) is 12.8. The third kappa shape index (κ3) is 3.63. The fourth-order valence-electron chi connectivity index (χ4n) is 2.32. The molecule has 0 aliphatic heterocycles. The highest BCUT2D eigenvalue weighted by Gasteiger charge is 2.08. The van der Waals surface area contributed by atoms with E-state index in [1.807, 2.05) is 25.1 Å². The smallest absolute Gasteiger partial charge is 0.337 e. The molecular formula is C18H21NO2. The largest absolute Gasteiger partial charge is 0.465 e. The second kappa shape index (κ2) is 6.93. The predicted octanol–water partition coefficient (Wildman–Crippen LogP) is 3.96. The van der Waals surface area contributed by atoms with Gasteiger partial charge < -0.3 is 10.1 Å². The van der Waals surface area contributed by atoms with Gasteiger partial charge in [0.05, 0.1) is 12.7 Å². The Hall–Kier alpha value is -2.29. The molecule has 2 aromatic rings. The molecule has 0 aliphatic rings. The summed E-state index contributed by atoms with van der Waals surface area (Å²) in [7, 11) is 1.40. The first kappa shape index (κ1) is 15.1. The second-order valence-electron chi connectivity index (χ2n) is 5.00. The van der Waals surface area contributed by atoms with Gasteiger partial charge >= 0.3 is 5.97 Å². The van der Waals surface area contributed by atoms with Gasteiger partial charge in [0.25, 0.3) is 0 Å². The molecule has 0 saturated carbocycles. The number of rotatable bonds is 5. The molecule has 0 unspecified atom stereocenters. The lowest BCUT2D eigenvalue weighted by molar-refractivity contribution is 0.0601. The van der Waals surface area contributed by atoms with Crippen molar-refractivity contribution in [2.24, 2.45) is 0 Å². The van der Waals surface area contributed by atoms with Crippen LogP contribution in [0.3, 0.4) is 0 Å². The average Bonchev–Trinajstić information content (AvgIpc) is 2.53. The van der Waals surface area contributed by atoms with Crippen molar-refractivity contribution in [3.05, 3.63) is 64.7 Å². The van der Waals surface area contributed by atoms with Gasteiger partial charge in [-0.3, -0.25) is 0 Å². The van der Waals surface area contributed by atoms with Gasteiger partial charge in [0.1, 0.15) is 0 Å². The molecule has 0 aliphatic carbocycles. The molecule has 0 heterocycles. The molecule has 0 spiro atoms. The Morgan fingerprint density at radius 1 is 1.14 bits per heavy atom. The Morgan fingerprint density at radius 2 is 1.86 bits per heavy atom. The average molecular weight is 283 g/mol. The van der Waals surface area contributed by atoms with E-state index >= 15 is 0 Å². The van der Waals surface area contributed by atoms with E-state index in [0.717, 1.165) is 24.2 Å². The highest BCUT2D eigenvalue weighted by molar-refractivity contribution is 5.90. The summed E-state index contributed by atoms with van der Waals surface area (Å²) in [4.78, 5) is 11.6.